The average molecular weight is 449 g/mol. The van der Waals surface area contributed by atoms with Crippen LogP contribution in [0.5, 0.6) is 0 Å². The molecule has 0 bridgehead atoms. The van der Waals surface area contributed by atoms with Crippen LogP contribution in [0.4, 0.5) is 16.8 Å². The molecule has 32 heavy (non-hydrogen) atoms. The van der Waals surface area contributed by atoms with Crippen LogP contribution in [0.2, 0.25) is 0 Å². The number of hydrogen-bond acceptors (Lipinski definition) is 7. The number of carboxylic acid groups (broad SMARTS) is 1. The molecule has 10 nitrogen and oxygen atoms in total. The van der Waals surface area contributed by atoms with Gasteiger partial charge in [-0.15, -0.1) is 21.5 Å². The predicted molar refractivity (Wildman–Crippen MR) is 116 cm³/mol. The molecular weight excluding hydrogens is 425 g/mol. The first kappa shape index (κ1) is 22.6. The Morgan fingerprint density at radius 2 is 2.09 bits per heavy atom. The molecule has 12 heteroatoms. The summed E-state index contributed by atoms with van der Waals surface area (Å²) in [5.74, 6) is 0.335. The Bertz CT molecular complexity index is 1190. The minimum atomic E-state index is -1.00. The van der Waals surface area contributed by atoms with Gasteiger partial charge in [0, 0.05) is 30.0 Å². The van der Waals surface area contributed by atoms with Crippen molar-refractivity contribution in [3.8, 4) is 0 Å². The summed E-state index contributed by atoms with van der Waals surface area (Å²) in [5, 5.41) is 29.1. The van der Waals surface area contributed by atoms with Crippen molar-refractivity contribution in [3.05, 3.63) is 34.1 Å². The third-order valence-corrected chi connectivity index (χ3v) is 7.05. The molecule has 1 atom stereocenters. The van der Waals surface area contributed by atoms with Gasteiger partial charge in [0.05, 0.1) is 11.3 Å². The second-order valence-electron chi connectivity index (χ2n) is 8.15. The van der Waals surface area contributed by atoms with Crippen LogP contribution in [0.15, 0.2) is 12.4 Å². The minimum absolute atomic E-state index is 0. The van der Waals surface area contributed by atoms with Gasteiger partial charge in [0.25, 0.3) is 0 Å². The number of hydrogen-bond donors (Lipinski definition) is 3. The first-order chi connectivity index (χ1) is 14.9. The molecule has 1 fully saturated rings. The van der Waals surface area contributed by atoms with Gasteiger partial charge in [-0.05, 0) is 44.6 Å². The summed E-state index contributed by atoms with van der Waals surface area (Å²) in [7, 11) is 1.85. The molecular formula is C20H24LiN7O3S. The Labute approximate surface area is 202 Å². The largest absolute Gasteiger partial charge is 1.00 e. The number of carboxylic acids is 1. The fourth-order valence-corrected chi connectivity index (χ4v) is 5.36. The fraction of sp³-hybridized carbons (Fsp3) is 0.450. The number of carbonyl (C=O) groups excluding carboxylic acids is 1. The van der Waals surface area contributed by atoms with Crippen molar-refractivity contribution < 1.29 is 35.0 Å². The second-order valence-corrected chi connectivity index (χ2v) is 9.26. The number of amides is 1. The van der Waals surface area contributed by atoms with E-state index in [9.17, 15) is 14.7 Å². The molecule has 2 aliphatic rings. The van der Waals surface area contributed by atoms with E-state index in [0.29, 0.717) is 17.4 Å². The maximum Gasteiger partial charge on any atom is 1.00 e. The summed E-state index contributed by atoms with van der Waals surface area (Å²) in [6.07, 6.45) is 5.54. The number of rotatable bonds is 6. The summed E-state index contributed by atoms with van der Waals surface area (Å²) < 4.78 is 3.70. The Morgan fingerprint density at radius 1 is 1.31 bits per heavy atom. The van der Waals surface area contributed by atoms with E-state index >= 15 is 0 Å². The van der Waals surface area contributed by atoms with Crippen LogP contribution in [0.25, 0.3) is 0 Å². The molecule has 0 aliphatic heterocycles. The first-order valence-corrected chi connectivity index (χ1v) is 11.1. The number of nitrogens with zero attached hydrogens (tertiary/aromatic N) is 5. The van der Waals surface area contributed by atoms with Crippen molar-refractivity contribution in [3.63, 3.8) is 0 Å². The monoisotopic (exact) mass is 449 g/mol. The van der Waals surface area contributed by atoms with Gasteiger partial charge in [0.1, 0.15) is 17.1 Å². The predicted octanol–water partition coefficient (Wildman–Crippen LogP) is 0.0183. The van der Waals surface area contributed by atoms with Crippen molar-refractivity contribution >= 4 is 40.0 Å². The Kier molecular flexibility index (Phi) is 6.16. The summed E-state index contributed by atoms with van der Waals surface area (Å²) in [4.78, 5) is 25.3. The molecule has 0 radical (unpaired) electrons. The van der Waals surface area contributed by atoms with E-state index in [-0.39, 0.29) is 43.7 Å². The number of fused-ring (bicyclic) bond motifs is 1. The third kappa shape index (κ3) is 4.20. The van der Waals surface area contributed by atoms with E-state index in [1.54, 1.807) is 11.0 Å². The fourth-order valence-electron chi connectivity index (χ4n) is 4.12. The molecule has 164 valence electrons. The molecule has 0 saturated heterocycles. The SMILES string of the molecule is Cc1cc(Nc2nncn2C2CCc3sc(NC(=O)C4CC4)c(C(=O)O)c3C2)n(C)n1.[H-].[Li+]. The topological polar surface area (TPSA) is 127 Å². The number of aryl methyl sites for hydroxylation is 3. The number of carbonyl (C=O) groups is 2. The Morgan fingerprint density at radius 3 is 2.75 bits per heavy atom. The molecule has 1 unspecified atom stereocenters. The first-order valence-electron chi connectivity index (χ1n) is 10.3. The van der Waals surface area contributed by atoms with Gasteiger partial charge in [-0.1, -0.05) is 0 Å². The van der Waals surface area contributed by atoms with Crippen molar-refractivity contribution in [1.29, 1.82) is 0 Å². The van der Waals surface area contributed by atoms with Gasteiger partial charge in [0.2, 0.25) is 11.9 Å². The molecule has 3 heterocycles. The number of nitrogens with one attached hydrogen (secondary N) is 2. The number of thiophene rings is 1. The van der Waals surface area contributed by atoms with Gasteiger partial charge in [-0.3, -0.25) is 14.0 Å². The number of aromatic nitrogens is 5. The average Bonchev–Trinajstić information content (AvgIpc) is 3.25. The second kappa shape index (κ2) is 8.73. The van der Waals surface area contributed by atoms with Crippen LogP contribution in [-0.4, -0.2) is 41.5 Å². The summed E-state index contributed by atoms with van der Waals surface area (Å²) >= 11 is 1.39. The molecule has 3 aromatic rings. The van der Waals surface area contributed by atoms with Gasteiger partial charge in [-0.25, -0.2) is 4.79 Å². The molecule has 0 spiro atoms. The maximum absolute atomic E-state index is 12.2. The molecule has 3 aromatic heterocycles. The van der Waals surface area contributed by atoms with Crippen molar-refractivity contribution in [1.82, 2.24) is 24.5 Å². The van der Waals surface area contributed by atoms with Crippen LogP contribution >= 0.6 is 11.3 Å². The maximum atomic E-state index is 12.2. The van der Waals surface area contributed by atoms with Crippen LogP contribution in [-0.2, 0) is 24.7 Å². The van der Waals surface area contributed by atoms with Crippen LogP contribution in [0, 0.1) is 12.8 Å². The summed E-state index contributed by atoms with van der Waals surface area (Å²) in [6.45, 7) is 1.92. The minimum Gasteiger partial charge on any atom is -1.00 e. The van der Waals surface area contributed by atoms with E-state index < -0.39 is 5.97 Å². The zero-order valence-corrected chi connectivity index (χ0v) is 19.1. The standard InChI is InChI=1S/C20H23N7O3S.Li.H/c1-10-7-15(26(2)25-10)22-20-24-21-9-27(20)12-5-6-14-13(8-12)16(19(29)30)18(31-14)23-17(28)11-3-4-11;;/h7,9,11-12H,3-6,8H2,1-2H3,(H,22,24)(H,23,28)(H,29,30);;/q;+1;-1. The van der Waals surface area contributed by atoms with Crippen molar-refractivity contribution in [2.24, 2.45) is 13.0 Å². The zero-order valence-electron chi connectivity index (χ0n) is 19.3. The van der Waals surface area contributed by atoms with E-state index in [0.717, 1.165) is 47.6 Å². The quantitative estimate of drug-likeness (QED) is 0.453. The van der Waals surface area contributed by atoms with Crippen molar-refractivity contribution in [2.75, 3.05) is 10.6 Å². The smallest absolute Gasteiger partial charge is 1.00 e. The number of aromatic carboxylic acids is 1. The number of anilines is 3. The summed E-state index contributed by atoms with van der Waals surface area (Å²) in [5.41, 5.74) is 1.92. The van der Waals surface area contributed by atoms with Crippen LogP contribution < -0.4 is 29.5 Å². The Balaban J connectivity index is 0.00000153. The van der Waals surface area contributed by atoms with Gasteiger partial charge in [-0.2, -0.15) is 5.10 Å². The molecule has 1 saturated carbocycles. The van der Waals surface area contributed by atoms with Gasteiger partial charge < -0.3 is 17.2 Å². The summed E-state index contributed by atoms with van der Waals surface area (Å²) in [6, 6.07) is 1.94. The van der Waals surface area contributed by atoms with Crippen LogP contribution in [0.3, 0.4) is 0 Å². The molecule has 5 rings (SSSR count). The molecule has 2 aliphatic carbocycles. The zero-order chi connectivity index (χ0) is 21.7. The van der Waals surface area contributed by atoms with Gasteiger partial charge in [0.15, 0.2) is 0 Å². The van der Waals surface area contributed by atoms with E-state index in [4.69, 9.17) is 0 Å². The third-order valence-electron chi connectivity index (χ3n) is 5.84. The normalized spacial score (nSPS) is 17.4. The van der Waals surface area contributed by atoms with E-state index in [1.807, 2.05) is 24.6 Å². The molecule has 1 amide bonds. The molecule has 3 N–H and O–H groups in total. The van der Waals surface area contributed by atoms with E-state index in [1.165, 1.54) is 11.3 Å². The van der Waals surface area contributed by atoms with Crippen LogP contribution in [0.1, 0.15) is 53.2 Å². The van der Waals surface area contributed by atoms with Crippen molar-refractivity contribution in [2.45, 2.75) is 45.1 Å². The molecule has 0 aromatic carbocycles. The van der Waals surface area contributed by atoms with E-state index in [2.05, 4.69) is 25.9 Å². The van der Waals surface area contributed by atoms with Gasteiger partial charge >= 0.3 is 24.8 Å². The Hall–Kier alpha value is -2.61.